The standard InChI is InChI=1S/C16H24FN3/c17-15-8-13(10-18)7-14(9-15)11-19-6-3-16(12-19)20-4-1-2-5-20/h7-9,16H,1-6,10-12,18H2. The number of likely N-dealkylation sites (tertiary alicyclic amines) is 2. The zero-order chi connectivity index (χ0) is 13.9. The van der Waals surface area contributed by atoms with Gasteiger partial charge in [-0.3, -0.25) is 9.80 Å². The van der Waals surface area contributed by atoms with Crippen LogP contribution in [0.4, 0.5) is 4.39 Å². The molecule has 3 rings (SSSR count). The highest BCUT2D eigenvalue weighted by molar-refractivity contribution is 5.24. The molecule has 0 spiro atoms. The van der Waals surface area contributed by atoms with E-state index in [1.807, 2.05) is 6.07 Å². The molecule has 0 bridgehead atoms. The summed E-state index contributed by atoms with van der Waals surface area (Å²) in [6.07, 6.45) is 3.94. The highest BCUT2D eigenvalue weighted by Crippen LogP contribution is 2.22. The molecule has 4 heteroatoms. The Labute approximate surface area is 120 Å². The lowest BCUT2D eigenvalue weighted by molar-refractivity contribution is 0.230. The van der Waals surface area contributed by atoms with E-state index in [1.54, 1.807) is 6.07 Å². The lowest BCUT2D eigenvalue weighted by atomic mass is 10.1. The van der Waals surface area contributed by atoms with E-state index in [2.05, 4.69) is 9.80 Å². The third-order valence-corrected chi connectivity index (χ3v) is 4.56. The van der Waals surface area contributed by atoms with Crippen molar-refractivity contribution in [1.29, 1.82) is 0 Å². The fourth-order valence-electron chi connectivity index (χ4n) is 3.55. The van der Waals surface area contributed by atoms with Crippen molar-refractivity contribution in [2.75, 3.05) is 26.2 Å². The molecule has 1 unspecified atom stereocenters. The number of rotatable bonds is 4. The molecule has 2 saturated heterocycles. The fourth-order valence-corrected chi connectivity index (χ4v) is 3.55. The Morgan fingerprint density at radius 3 is 2.60 bits per heavy atom. The monoisotopic (exact) mass is 277 g/mol. The lowest BCUT2D eigenvalue weighted by Crippen LogP contribution is -2.35. The van der Waals surface area contributed by atoms with Gasteiger partial charge in [0.1, 0.15) is 5.82 Å². The maximum atomic E-state index is 13.5. The van der Waals surface area contributed by atoms with Crippen LogP contribution in [0.25, 0.3) is 0 Å². The van der Waals surface area contributed by atoms with E-state index in [9.17, 15) is 4.39 Å². The van der Waals surface area contributed by atoms with Gasteiger partial charge in [0.15, 0.2) is 0 Å². The van der Waals surface area contributed by atoms with Crippen molar-refractivity contribution in [3.05, 3.63) is 35.1 Å². The first-order valence-corrected chi connectivity index (χ1v) is 7.69. The highest BCUT2D eigenvalue weighted by atomic mass is 19.1. The van der Waals surface area contributed by atoms with Gasteiger partial charge in [0.05, 0.1) is 0 Å². The smallest absolute Gasteiger partial charge is 0.123 e. The van der Waals surface area contributed by atoms with Crippen molar-refractivity contribution in [2.24, 2.45) is 5.73 Å². The number of halogens is 1. The van der Waals surface area contributed by atoms with Gasteiger partial charge >= 0.3 is 0 Å². The van der Waals surface area contributed by atoms with Crippen molar-refractivity contribution in [3.8, 4) is 0 Å². The molecule has 0 aliphatic carbocycles. The molecule has 2 fully saturated rings. The third kappa shape index (κ3) is 3.19. The Morgan fingerprint density at radius 2 is 1.85 bits per heavy atom. The second kappa shape index (κ2) is 6.20. The van der Waals surface area contributed by atoms with Crippen LogP contribution in [0.5, 0.6) is 0 Å². The number of hydrogen-bond donors (Lipinski definition) is 1. The molecule has 2 aliphatic heterocycles. The molecule has 0 amide bonds. The van der Waals surface area contributed by atoms with Crippen LogP contribution in [-0.2, 0) is 13.1 Å². The van der Waals surface area contributed by atoms with Gasteiger partial charge in [0, 0.05) is 32.2 Å². The highest BCUT2D eigenvalue weighted by Gasteiger charge is 2.29. The number of hydrogen-bond acceptors (Lipinski definition) is 3. The predicted octanol–water partition coefficient (Wildman–Crippen LogP) is 1.95. The van der Waals surface area contributed by atoms with Crippen molar-refractivity contribution in [3.63, 3.8) is 0 Å². The molecule has 2 heterocycles. The average Bonchev–Trinajstić information content (AvgIpc) is 3.08. The van der Waals surface area contributed by atoms with Crippen molar-refractivity contribution in [1.82, 2.24) is 9.80 Å². The van der Waals surface area contributed by atoms with E-state index in [1.165, 1.54) is 38.4 Å². The van der Waals surface area contributed by atoms with Gasteiger partial charge in [-0.2, -0.15) is 0 Å². The molecule has 1 aromatic carbocycles. The normalized spacial score (nSPS) is 24.6. The van der Waals surface area contributed by atoms with Gasteiger partial charge in [-0.15, -0.1) is 0 Å². The minimum Gasteiger partial charge on any atom is -0.326 e. The van der Waals surface area contributed by atoms with Gasteiger partial charge < -0.3 is 5.73 Å². The maximum absolute atomic E-state index is 13.5. The summed E-state index contributed by atoms with van der Waals surface area (Å²) in [6.45, 7) is 6.01. The Hall–Kier alpha value is -0.970. The van der Waals surface area contributed by atoms with E-state index in [0.717, 1.165) is 30.8 Å². The van der Waals surface area contributed by atoms with E-state index in [-0.39, 0.29) is 5.82 Å². The van der Waals surface area contributed by atoms with Crippen LogP contribution < -0.4 is 5.73 Å². The molecule has 2 aliphatic rings. The van der Waals surface area contributed by atoms with Gasteiger partial charge in [-0.05, 0) is 55.6 Å². The van der Waals surface area contributed by atoms with Crippen LogP contribution in [0.2, 0.25) is 0 Å². The van der Waals surface area contributed by atoms with Crippen molar-refractivity contribution >= 4 is 0 Å². The molecule has 20 heavy (non-hydrogen) atoms. The average molecular weight is 277 g/mol. The first kappa shape index (κ1) is 14.0. The van der Waals surface area contributed by atoms with Crippen molar-refractivity contribution < 1.29 is 4.39 Å². The van der Waals surface area contributed by atoms with Crippen LogP contribution in [0, 0.1) is 5.82 Å². The molecule has 110 valence electrons. The van der Waals surface area contributed by atoms with E-state index in [0.29, 0.717) is 12.6 Å². The molecule has 0 aromatic heterocycles. The van der Waals surface area contributed by atoms with Gasteiger partial charge in [0.2, 0.25) is 0 Å². The second-order valence-corrected chi connectivity index (χ2v) is 6.09. The zero-order valence-corrected chi connectivity index (χ0v) is 12.0. The summed E-state index contributed by atoms with van der Waals surface area (Å²) >= 11 is 0. The van der Waals surface area contributed by atoms with Gasteiger partial charge in [0.25, 0.3) is 0 Å². The summed E-state index contributed by atoms with van der Waals surface area (Å²) < 4.78 is 13.5. The summed E-state index contributed by atoms with van der Waals surface area (Å²) in [7, 11) is 0. The molecular weight excluding hydrogens is 253 g/mol. The summed E-state index contributed by atoms with van der Waals surface area (Å²) in [5.74, 6) is -0.168. The van der Waals surface area contributed by atoms with Crippen LogP contribution in [0.15, 0.2) is 18.2 Å². The Morgan fingerprint density at radius 1 is 1.10 bits per heavy atom. The number of nitrogens with two attached hydrogens (primary N) is 1. The van der Waals surface area contributed by atoms with Crippen LogP contribution >= 0.6 is 0 Å². The van der Waals surface area contributed by atoms with Gasteiger partial charge in [-0.1, -0.05) is 6.07 Å². The van der Waals surface area contributed by atoms with Crippen molar-refractivity contribution in [2.45, 2.75) is 38.4 Å². The minimum absolute atomic E-state index is 0.168. The topological polar surface area (TPSA) is 32.5 Å². The minimum atomic E-state index is -0.168. The Kier molecular flexibility index (Phi) is 4.34. The van der Waals surface area contributed by atoms with E-state index < -0.39 is 0 Å². The second-order valence-electron chi connectivity index (χ2n) is 6.09. The van der Waals surface area contributed by atoms with Crippen LogP contribution in [-0.4, -0.2) is 42.0 Å². The first-order chi connectivity index (χ1) is 9.74. The molecule has 3 nitrogen and oxygen atoms in total. The fraction of sp³-hybridized carbons (Fsp3) is 0.625. The summed E-state index contributed by atoms with van der Waals surface area (Å²) in [4.78, 5) is 5.06. The number of nitrogens with zero attached hydrogens (tertiary/aromatic N) is 2. The zero-order valence-electron chi connectivity index (χ0n) is 12.0. The van der Waals surface area contributed by atoms with E-state index in [4.69, 9.17) is 5.73 Å². The SMILES string of the molecule is NCc1cc(F)cc(CN2CCC(N3CCCC3)C2)c1. The van der Waals surface area contributed by atoms with E-state index >= 15 is 0 Å². The summed E-state index contributed by atoms with van der Waals surface area (Å²) in [5, 5.41) is 0. The lowest BCUT2D eigenvalue weighted by Gasteiger charge is -2.23. The molecule has 1 atom stereocenters. The summed E-state index contributed by atoms with van der Waals surface area (Å²) in [5.41, 5.74) is 7.55. The summed E-state index contributed by atoms with van der Waals surface area (Å²) in [6, 6.07) is 5.91. The molecule has 0 radical (unpaired) electrons. The molecule has 2 N–H and O–H groups in total. The largest absolute Gasteiger partial charge is 0.326 e. The maximum Gasteiger partial charge on any atom is 0.123 e. The molecule has 0 saturated carbocycles. The predicted molar refractivity (Wildman–Crippen MR) is 78.8 cm³/mol. The quantitative estimate of drug-likeness (QED) is 0.913. The van der Waals surface area contributed by atoms with Crippen LogP contribution in [0.3, 0.4) is 0 Å². The first-order valence-electron chi connectivity index (χ1n) is 7.69. The van der Waals surface area contributed by atoms with Gasteiger partial charge in [-0.25, -0.2) is 4.39 Å². The third-order valence-electron chi connectivity index (χ3n) is 4.56. The Balaban J connectivity index is 1.60. The van der Waals surface area contributed by atoms with Crippen LogP contribution in [0.1, 0.15) is 30.4 Å². The Bertz CT molecular complexity index is 457. The number of benzene rings is 1. The molecular formula is C16H24FN3. The molecule has 1 aromatic rings.